The van der Waals surface area contributed by atoms with Gasteiger partial charge in [-0.1, -0.05) is 0 Å². The number of rotatable bonds is 8. The summed E-state index contributed by atoms with van der Waals surface area (Å²) in [5.74, 6) is -0.315. The van der Waals surface area contributed by atoms with Crippen molar-refractivity contribution in [3.05, 3.63) is 0 Å². The molecule has 0 spiro atoms. The Balaban J connectivity index is 2.01. The standard InChI is InChI=1S/C12H23NO4/c1-16-8-9-17-7-6-13-4-2-11(3-5-13)10-12(14)15/h11H,2-10H2,1H3,(H,14,15). The average molecular weight is 245 g/mol. The summed E-state index contributed by atoms with van der Waals surface area (Å²) in [6.07, 6.45) is 2.30. The number of carbonyl (C=O) groups is 1. The Hall–Kier alpha value is -0.650. The molecule has 0 aromatic heterocycles. The van der Waals surface area contributed by atoms with Gasteiger partial charge in [-0.25, -0.2) is 0 Å². The van der Waals surface area contributed by atoms with Gasteiger partial charge in [-0.2, -0.15) is 0 Å². The number of likely N-dealkylation sites (tertiary alicyclic amines) is 1. The molecule has 0 atom stereocenters. The zero-order valence-electron chi connectivity index (χ0n) is 10.6. The van der Waals surface area contributed by atoms with Gasteiger partial charge in [0, 0.05) is 20.1 Å². The van der Waals surface area contributed by atoms with Crippen molar-refractivity contribution in [2.24, 2.45) is 5.92 Å². The van der Waals surface area contributed by atoms with Crippen LogP contribution in [0.4, 0.5) is 0 Å². The molecule has 100 valence electrons. The van der Waals surface area contributed by atoms with Gasteiger partial charge < -0.3 is 19.5 Å². The Morgan fingerprint density at radius 2 is 2.00 bits per heavy atom. The molecule has 1 aliphatic heterocycles. The number of hydrogen-bond donors (Lipinski definition) is 1. The van der Waals surface area contributed by atoms with Crippen LogP contribution in [0.1, 0.15) is 19.3 Å². The fourth-order valence-electron chi connectivity index (χ4n) is 2.10. The molecule has 0 radical (unpaired) electrons. The molecule has 1 heterocycles. The van der Waals surface area contributed by atoms with Crippen LogP contribution in [0.3, 0.4) is 0 Å². The molecule has 0 saturated carbocycles. The van der Waals surface area contributed by atoms with Crippen molar-refractivity contribution in [2.45, 2.75) is 19.3 Å². The topological polar surface area (TPSA) is 59.0 Å². The van der Waals surface area contributed by atoms with Crippen LogP contribution in [0.25, 0.3) is 0 Å². The van der Waals surface area contributed by atoms with Crippen LogP contribution >= 0.6 is 0 Å². The van der Waals surface area contributed by atoms with E-state index in [9.17, 15) is 4.79 Å². The van der Waals surface area contributed by atoms with Crippen molar-refractivity contribution in [1.82, 2.24) is 4.90 Å². The van der Waals surface area contributed by atoms with Crippen molar-refractivity contribution in [3.63, 3.8) is 0 Å². The van der Waals surface area contributed by atoms with E-state index in [1.165, 1.54) is 0 Å². The molecule has 1 rings (SSSR count). The highest BCUT2D eigenvalue weighted by atomic mass is 16.5. The van der Waals surface area contributed by atoms with E-state index < -0.39 is 5.97 Å². The second kappa shape index (κ2) is 8.44. The van der Waals surface area contributed by atoms with E-state index in [0.29, 0.717) is 25.6 Å². The van der Waals surface area contributed by atoms with Crippen LogP contribution in [-0.4, -0.2) is 62.5 Å². The monoisotopic (exact) mass is 245 g/mol. The molecule has 0 aliphatic carbocycles. The molecular weight excluding hydrogens is 222 g/mol. The first kappa shape index (κ1) is 14.4. The van der Waals surface area contributed by atoms with Crippen molar-refractivity contribution in [2.75, 3.05) is 46.6 Å². The first-order chi connectivity index (χ1) is 8.22. The number of ether oxygens (including phenoxy) is 2. The third-order valence-corrected chi connectivity index (χ3v) is 3.15. The minimum atomic E-state index is -0.675. The van der Waals surface area contributed by atoms with Gasteiger partial charge >= 0.3 is 5.97 Å². The van der Waals surface area contributed by atoms with E-state index in [4.69, 9.17) is 14.6 Å². The van der Waals surface area contributed by atoms with Crippen LogP contribution < -0.4 is 0 Å². The highest BCUT2D eigenvalue weighted by molar-refractivity contribution is 5.67. The third-order valence-electron chi connectivity index (χ3n) is 3.15. The largest absolute Gasteiger partial charge is 0.481 e. The summed E-state index contributed by atoms with van der Waals surface area (Å²) in [5.41, 5.74) is 0. The Morgan fingerprint density at radius 1 is 1.29 bits per heavy atom. The number of nitrogens with zero attached hydrogens (tertiary/aromatic N) is 1. The van der Waals surface area contributed by atoms with Crippen molar-refractivity contribution in [1.29, 1.82) is 0 Å². The van der Waals surface area contributed by atoms with Crippen LogP contribution in [-0.2, 0) is 14.3 Å². The maximum atomic E-state index is 10.6. The van der Waals surface area contributed by atoms with Gasteiger partial charge in [0.1, 0.15) is 0 Å². The summed E-state index contributed by atoms with van der Waals surface area (Å²) < 4.78 is 10.3. The maximum Gasteiger partial charge on any atom is 0.303 e. The van der Waals surface area contributed by atoms with Gasteiger partial charge in [-0.15, -0.1) is 0 Å². The molecule has 5 nitrogen and oxygen atoms in total. The number of aliphatic carboxylic acids is 1. The minimum Gasteiger partial charge on any atom is -0.481 e. The number of hydrogen-bond acceptors (Lipinski definition) is 4. The lowest BCUT2D eigenvalue weighted by Gasteiger charge is -2.31. The van der Waals surface area contributed by atoms with Crippen LogP contribution in [0.5, 0.6) is 0 Å². The van der Waals surface area contributed by atoms with Gasteiger partial charge in [0.05, 0.1) is 19.8 Å². The Labute approximate surface area is 103 Å². The van der Waals surface area contributed by atoms with E-state index in [0.717, 1.165) is 39.1 Å². The SMILES string of the molecule is COCCOCCN1CCC(CC(=O)O)CC1. The van der Waals surface area contributed by atoms with Crippen molar-refractivity contribution < 1.29 is 19.4 Å². The second-order valence-corrected chi connectivity index (χ2v) is 4.49. The van der Waals surface area contributed by atoms with E-state index in [1.54, 1.807) is 7.11 Å². The molecular formula is C12H23NO4. The van der Waals surface area contributed by atoms with E-state index in [1.807, 2.05) is 0 Å². The van der Waals surface area contributed by atoms with Gasteiger partial charge in [0.15, 0.2) is 0 Å². The van der Waals surface area contributed by atoms with Gasteiger partial charge in [0.25, 0.3) is 0 Å². The Bertz CT molecular complexity index is 215. The van der Waals surface area contributed by atoms with Crippen LogP contribution in [0, 0.1) is 5.92 Å². The number of carboxylic acid groups (broad SMARTS) is 1. The average Bonchev–Trinajstić information content (AvgIpc) is 2.30. The molecule has 0 aromatic rings. The fourth-order valence-corrected chi connectivity index (χ4v) is 2.10. The summed E-state index contributed by atoms with van der Waals surface area (Å²) in [4.78, 5) is 12.9. The normalized spacial score (nSPS) is 18.4. The number of carboxylic acids is 1. The molecule has 0 amide bonds. The van der Waals surface area contributed by atoms with E-state index >= 15 is 0 Å². The van der Waals surface area contributed by atoms with Crippen LogP contribution in [0.15, 0.2) is 0 Å². The fraction of sp³-hybridized carbons (Fsp3) is 0.917. The van der Waals surface area contributed by atoms with Crippen molar-refractivity contribution in [3.8, 4) is 0 Å². The lowest BCUT2D eigenvalue weighted by Crippen LogP contribution is -2.36. The molecule has 0 aromatic carbocycles. The second-order valence-electron chi connectivity index (χ2n) is 4.49. The third kappa shape index (κ3) is 6.61. The maximum absolute atomic E-state index is 10.6. The quantitative estimate of drug-likeness (QED) is 0.642. The molecule has 1 saturated heterocycles. The molecule has 1 N–H and O–H groups in total. The van der Waals surface area contributed by atoms with E-state index in [2.05, 4.69) is 4.90 Å². The lowest BCUT2D eigenvalue weighted by molar-refractivity contribution is -0.138. The number of piperidine rings is 1. The molecule has 1 aliphatic rings. The molecule has 5 heteroatoms. The zero-order valence-corrected chi connectivity index (χ0v) is 10.6. The summed E-state index contributed by atoms with van der Waals surface area (Å²) in [7, 11) is 1.66. The predicted octanol–water partition coefficient (Wildman–Crippen LogP) is 0.836. The number of methoxy groups -OCH3 is 1. The smallest absolute Gasteiger partial charge is 0.303 e. The molecule has 17 heavy (non-hydrogen) atoms. The summed E-state index contributed by atoms with van der Waals surface area (Å²) in [6.45, 7) is 4.93. The summed E-state index contributed by atoms with van der Waals surface area (Å²) in [5, 5.41) is 8.71. The molecule has 0 bridgehead atoms. The van der Waals surface area contributed by atoms with Gasteiger partial charge in [-0.05, 0) is 31.8 Å². The summed E-state index contributed by atoms with van der Waals surface area (Å²) >= 11 is 0. The highest BCUT2D eigenvalue weighted by Gasteiger charge is 2.20. The Morgan fingerprint density at radius 3 is 2.59 bits per heavy atom. The lowest BCUT2D eigenvalue weighted by atomic mass is 9.94. The van der Waals surface area contributed by atoms with Crippen LogP contribution in [0.2, 0.25) is 0 Å². The molecule has 1 fully saturated rings. The van der Waals surface area contributed by atoms with Gasteiger partial charge in [0.2, 0.25) is 0 Å². The summed E-state index contributed by atoms with van der Waals surface area (Å²) in [6, 6.07) is 0. The first-order valence-electron chi connectivity index (χ1n) is 6.23. The zero-order chi connectivity index (χ0) is 12.5. The predicted molar refractivity (Wildman–Crippen MR) is 64.1 cm³/mol. The molecule has 0 unspecified atom stereocenters. The van der Waals surface area contributed by atoms with E-state index in [-0.39, 0.29) is 0 Å². The van der Waals surface area contributed by atoms with Crippen molar-refractivity contribution >= 4 is 5.97 Å². The van der Waals surface area contributed by atoms with Gasteiger partial charge in [-0.3, -0.25) is 4.79 Å². The minimum absolute atomic E-state index is 0.318. The highest BCUT2D eigenvalue weighted by Crippen LogP contribution is 2.19. The first-order valence-corrected chi connectivity index (χ1v) is 6.23. The Kier molecular flexibility index (Phi) is 7.16.